The van der Waals surface area contributed by atoms with Crippen molar-refractivity contribution in [2.24, 2.45) is 5.16 Å². The SMILES string of the molecule is COc1ccc(C2c3c(C)nn(-c4ccccc4)c3Oc3ncn4nc(CO/N=C(/C)c5ccccc5)nc4c32)cc1. The molecule has 1 aliphatic rings. The number of aromatic nitrogens is 6. The van der Waals surface area contributed by atoms with Gasteiger partial charge in [-0.2, -0.15) is 5.10 Å². The van der Waals surface area contributed by atoms with Gasteiger partial charge >= 0.3 is 0 Å². The zero-order valence-electron chi connectivity index (χ0n) is 23.3. The van der Waals surface area contributed by atoms with Gasteiger partial charge in [0.2, 0.25) is 11.8 Å². The topological polar surface area (TPSA) is 101 Å². The molecule has 42 heavy (non-hydrogen) atoms. The number of fused-ring (bicyclic) bond motifs is 4. The van der Waals surface area contributed by atoms with Crippen LogP contribution in [-0.2, 0) is 11.4 Å². The highest BCUT2D eigenvalue weighted by molar-refractivity contribution is 5.98. The van der Waals surface area contributed by atoms with Crippen LogP contribution in [-0.4, -0.2) is 42.2 Å². The van der Waals surface area contributed by atoms with Crippen LogP contribution in [0.5, 0.6) is 17.5 Å². The molecule has 0 saturated heterocycles. The van der Waals surface area contributed by atoms with Crippen LogP contribution in [0.4, 0.5) is 0 Å². The number of methoxy groups -OCH3 is 1. The van der Waals surface area contributed by atoms with Crippen LogP contribution < -0.4 is 9.47 Å². The first kappa shape index (κ1) is 25.5. The van der Waals surface area contributed by atoms with Crippen LogP contribution in [0.25, 0.3) is 11.3 Å². The Labute approximate surface area is 241 Å². The lowest BCUT2D eigenvalue weighted by molar-refractivity contribution is 0.125. The van der Waals surface area contributed by atoms with Gasteiger partial charge in [0.25, 0.3) is 0 Å². The van der Waals surface area contributed by atoms with Gasteiger partial charge in [0.1, 0.15) is 12.1 Å². The molecule has 3 aromatic carbocycles. The lowest BCUT2D eigenvalue weighted by Crippen LogP contribution is -2.16. The third kappa shape index (κ3) is 4.43. The van der Waals surface area contributed by atoms with Gasteiger partial charge in [-0.25, -0.2) is 19.2 Å². The smallest absolute Gasteiger partial charge is 0.230 e. The third-order valence-corrected chi connectivity index (χ3v) is 7.30. The molecule has 10 heteroatoms. The lowest BCUT2D eigenvalue weighted by Gasteiger charge is -2.26. The summed E-state index contributed by atoms with van der Waals surface area (Å²) in [7, 11) is 1.66. The van der Waals surface area contributed by atoms with E-state index >= 15 is 0 Å². The fraction of sp³-hybridized carbons (Fsp3) is 0.156. The number of benzene rings is 3. The second kappa shape index (κ2) is 10.5. The number of para-hydroxylation sites is 1. The molecule has 3 aromatic heterocycles. The normalized spacial score (nSPS) is 14.3. The molecule has 7 rings (SSSR count). The minimum Gasteiger partial charge on any atom is -0.497 e. The quantitative estimate of drug-likeness (QED) is 0.179. The highest BCUT2D eigenvalue weighted by atomic mass is 16.6. The highest BCUT2D eigenvalue weighted by Gasteiger charge is 2.38. The predicted molar refractivity (Wildman–Crippen MR) is 157 cm³/mol. The molecule has 0 N–H and O–H groups in total. The van der Waals surface area contributed by atoms with Crippen LogP contribution in [0.1, 0.15) is 46.6 Å². The maximum atomic E-state index is 6.49. The Morgan fingerprint density at radius 2 is 1.67 bits per heavy atom. The number of nitrogens with zero attached hydrogens (tertiary/aromatic N) is 7. The Hall–Kier alpha value is -5.51. The van der Waals surface area contributed by atoms with Crippen molar-refractivity contribution in [2.45, 2.75) is 26.4 Å². The van der Waals surface area contributed by atoms with Crippen LogP contribution in [0.2, 0.25) is 0 Å². The molecule has 0 saturated carbocycles. The number of oxime groups is 1. The number of hydrogen-bond acceptors (Lipinski definition) is 8. The van der Waals surface area contributed by atoms with Crippen molar-refractivity contribution in [3.05, 3.63) is 125 Å². The molecule has 0 radical (unpaired) electrons. The summed E-state index contributed by atoms with van der Waals surface area (Å²) in [6.07, 6.45) is 1.61. The van der Waals surface area contributed by atoms with Gasteiger partial charge in [0, 0.05) is 0 Å². The minimum atomic E-state index is -0.264. The van der Waals surface area contributed by atoms with Gasteiger partial charge in [-0.3, -0.25) is 0 Å². The number of rotatable bonds is 7. The molecule has 0 spiro atoms. The summed E-state index contributed by atoms with van der Waals surface area (Å²) < 4.78 is 15.4. The molecule has 10 nitrogen and oxygen atoms in total. The lowest BCUT2D eigenvalue weighted by atomic mass is 9.84. The van der Waals surface area contributed by atoms with Gasteiger partial charge in [-0.15, -0.1) is 5.10 Å². The van der Waals surface area contributed by atoms with E-state index in [4.69, 9.17) is 24.4 Å². The molecule has 1 aliphatic heterocycles. The van der Waals surface area contributed by atoms with Gasteiger partial charge in [0.15, 0.2) is 18.1 Å². The second-order valence-corrected chi connectivity index (χ2v) is 9.94. The zero-order valence-corrected chi connectivity index (χ0v) is 23.3. The molecule has 6 aromatic rings. The van der Waals surface area contributed by atoms with E-state index in [0.29, 0.717) is 23.2 Å². The largest absolute Gasteiger partial charge is 0.497 e. The Balaban J connectivity index is 1.32. The van der Waals surface area contributed by atoms with Crippen LogP contribution >= 0.6 is 0 Å². The van der Waals surface area contributed by atoms with Crippen LogP contribution in [0.3, 0.4) is 0 Å². The van der Waals surface area contributed by atoms with Gasteiger partial charge in [-0.1, -0.05) is 65.8 Å². The number of aryl methyl sites for hydroxylation is 1. The molecule has 1 unspecified atom stereocenters. The monoisotopic (exact) mass is 557 g/mol. The van der Waals surface area contributed by atoms with Crippen LogP contribution in [0, 0.1) is 6.92 Å². The maximum absolute atomic E-state index is 6.49. The highest BCUT2D eigenvalue weighted by Crippen LogP contribution is 2.49. The Morgan fingerprint density at radius 1 is 0.929 bits per heavy atom. The van der Waals surface area contributed by atoms with Gasteiger partial charge in [-0.05, 0) is 49.2 Å². The van der Waals surface area contributed by atoms with E-state index < -0.39 is 0 Å². The summed E-state index contributed by atoms with van der Waals surface area (Å²) in [5.74, 6) is 2.06. The zero-order chi connectivity index (χ0) is 28.6. The van der Waals surface area contributed by atoms with Gasteiger partial charge in [0.05, 0.1) is 41.2 Å². The van der Waals surface area contributed by atoms with Crippen molar-refractivity contribution < 1.29 is 14.3 Å². The average molecular weight is 558 g/mol. The Bertz CT molecular complexity index is 1910. The molecule has 1 atom stereocenters. The first-order valence-corrected chi connectivity index (χ1v) is 13.5. The summed E-state index contributed by atoms with van der Waals surface area (Å²) in [6, 6.07) is 27.8. The summed E-state index contributed by atoms with van der Waals surface area (Å²) in [6.45, 7) is 4.00. The fourth-order valence-corrected chi connectivity index (χ4v) is 5.28. The third-order valence-electron chi connectivity index (χ3n) is 7.30. The van der Waals surface area contributed by atoms with E-state index in [1.54, 1.807) is 18.0 Å². The standard InChI is InChI=1S/C32H27N7O3/c1-20(22-10-6-4-7-11-22)37-41-18-26-34-30-29-28(23-14-16-25(40-3)17-15-23)27-21(2)35-39(24-12-8-5-9-13-24)32(27)42-31(29)33-19-38(30)36-26/h4-17,19,28H,18H2,1-3H3/b37-20-. The van der Waals surface area contributed by atoms with Crippen molar-refractivity contribution in [1.29, 1.82) is 0 Å². The van der Waals surface area contributed by atoms with E-state index in [0.717, 1.165) is 45.1 Å². The van der Waals surface area contributed by atoms with E-state index in [9.17, 15) is 0 Å². The minimum absolute atomic E-state index is 0.102. The maximum Gasteiger partial charge on any atom is 0.230 e. The first-order chi connectivity index (χ1) is 20.6. The molecule has 4 heterocycles. The summed E-state index contributed by atoms with van der Waals surface area (Å²) >= 11 is 0. The van der Waals surface area contributed by atoms with Crippen molar-refractivity contribution in [3.63, 3.8) is 0 Å². The predicted octanol–water partition coefficient (Wildman–Crippen LogP) is 5.85. The second-order valence-electron chi connectivity index (χ2n) is 9.94. The molecular formula is C32H27N7O3. The van der Waals surface area contributed by atoms with E-state index in [-0.39, 0.29) is 12.5 Å². The summed E-state index contributed by atoms with van der Waals surface area (Å²) in [5.41, 5.74) is 6.88. The van der Waals surface area contributed by atoms with Crippen molar-refractivity contribution in [1.82, 2.24) is 29.4 Å². The van der Waals surface area contributed by atoms with Crippen molar-refractivity contribution in [3.8, 4) is 23.2 Å². The molecular weight excluding hydrogens is 530 g/mol. The molecule has 0 bridgehead atoms. The summed E-state index contributed by atoms with van der Waals surface area (Å²) in [5, 5.41) is 13.8. The summed E-state index contributed by atoms with van der Waals surface area (Å²) in [4.78, 5) is 15.2. The van der Waals surface area contributed by atoms with Crippen molar-refractivity contribution in [2.75, 3.05) is 7.11 Å². The molecule has 0 fully saturated rings. The van der Waals surface area contributed by atoms with E-state index in [2.05, 4.69) is 15.2 Å². The Morgan fingerprint density at radius 3 is 2.40 bits per heavy atom. The molecule has 0 amide bonds. The average Bonchev–Trinajstić information content (AvgIpc) is 3.61. The fourth-order valence-electron chi connectivity index (χ4n) is 5.28. The first-order valence-electron chi connectivity index (χ1n) is 13.5. The van der Waals surface area contributed by atoms with Crippen LogP contribution in [0.15, 0.2) is 96.4 Å². The Kier molecular flexibility index (Phi) is 6.35. The number of hydrogen-bond donors (Lipinski definition) is 0. The van der Waals surface area contributed by atoms with Crippen molar-refractivity contribution >= 4 is 11.4 Å². The van der Waals surface area contributed by atoms with E-state index in [1.807, 2.05) is 103 Å². The molecule has 0 aliphatic carbocycles. The van der Waals surface area contributed by atoms with Gasteiger partial charge < -0.3 is 14.3 Å². The molecule has 208 valence electrons. The van der Waals surface area contributed by atoms with E-state index in [1.165, 1.54) is 0 Å². The number of ether oxygens (including phenoxy) is 2.